The monoisotopic (exact) mass is 298 g/mol. The van der Waals surface area contributed by atoms with E-state index < -0.39 is 5.54 Å². The zero-order valence-corrected chi connectivity index (χ0v) is 14.9. The smallest absolute Gasteiger partial charge is 0.325 e. The number of methoxy groups -OCH3 is 1. The Labute approximate surface area is 130 Å². The lowest BCUT2D eigenvalue weighted by molar-refractivity contribution is -0.149. The van der Waals surface area contributed by atoms with Gasteiger partial charge in [0.15, 0.2) is 0 Å². The molecule has 1 fully saturated rings. The first-order valence-corrected chi connectivity index (χ1v) is 8.38. The number of carbonyl (C=O) groups excluding carboxylic acids is 1. The summed E-state index contributed by atoms with van der Waals surface area (Å²) in [5.74, 6) is -0.164. The summed E-state index contributed by atoms with van der Waals surface area (Å²) in [6.07, 6.45) is 4.49. The van der Waals surface area contributed by atoms with Crippen molar-refractivity contribution >= 4 is 5.97 Å². The highest BCUT2D eigenvalue weighted by Gasteiger charge is 2.41. The van der Waals surface area contributed by atoms with Crippen LogP contribution in [0.5, 0.6) is 0 Å². The third kappa shape index (κ3) is 4.43. The van der Waals surface area contributed by atoms with E-state index >= 15 is 0 Å². The molecule has 1 rings (SSSR count). The van der Waals surface area contributed by atoms with Crippen molar-refractivity contribution in [3.05, 3.63) is 0 Å². The topological polar surface area (TPSA) is 41.6 Å². The second-order valence-electron chi connectivity index (χ2n) is 7.11. The Hall–Kier alpha value is -0.610. The van der Waals surface area contributed by atoms with E-state index in [0.717, 1.165) is 6.42 Å². The fraction of sp³-hybridized carbons (Fsp3) is 0.941. The second kappa shape index (κ2) is 7.59. The molecule has 21 heavy (non-hydrogen) atoms. The summed E-state index contributed by atoms with van der Waals surface area (Å²) in [6.45, 7) is 12.9. The third-order valence-corrected chi connectivity index (χ3v) is 4.78. The molecule has 1 aliphatic rings. The summed E-state index contributed by atoms with van der Waals surface area (Å²) < 4.78 is 5.04. The van der Waals surface area contributed by atoms with E-state index in [4.69, 9.17) is 4.74 Å². The van der Waals surface area contributed by atoms with E-state index in [1.807, 2.05) is 6.92 Å². The van der Waals surface area contributed by atoms with Gasteiger partial charge in [-0.2, -0.15) is 0 Å². The van der Waals surface area contributed by atoms with Gasteiger partial charge in [0.1, 0.15) is 5.54 Å². The average Bonchev–Trinajstić information content (AvgIpc) is 2.77. The molecule has 0 spiro atoms. The van der Waals surface area contributed by atoms with Gasteiger partial charge >= 0.3 is 5.97 Å². The molecule has 0 aromatic rings. The third-order valence-electron chi connectivity index (χ3n) is 4.78. The number of ether oxygens (including phenoxy) is 1. The Bertz CT molecular complexity index is 346. The molecule has 0 radical (unpaired) electrons. The Kier molecular flexibility index (Phi) is 6.67. The molecule has 0 bridgehead atoms. The van der Waals surface area contributed by atoms with Crippen LogP contribution in [0.1, 0.15) is 67.2 Å². The number of carbonyl (C=O) groups is 1. The molecule has 0 saturated carbocycles. The lowest BCUT2D eigenvalue weighted by Gasteiger charge is -2.39. The number of likely N-dealkylation sites (tertiary alicyclic amines) is 1. The number of rotatable bonds is 7. The summed E-state index contributed by atoms with van der Waals surface area (Å²) in [5.41, 5.74) is -0.622. The molecule has 1 N–H and O–H groups in total. The van der Waals surface area contributed by atoms with Crippen molar-refractivity contribution in [2.24, 2.45) is 0 Å². The standard InChI is InChI=1S/C17H34N2O2/c1-8-15-10-9-13(4)19(15)14(5)11-17(6,16(20)21-7)18-12(2)3/h12-15,18H,8-11H2,1-7H3. The van der Waals surface area contributed by atoms with Gasteiger partial charge in [-0.15, -0.1) is 0 Å². The van der Waals surface area contributed by atoms with E-state index in [1.165, 1.54) is 26.4 Å². The molecule has 4 heteroatoms. The van der Waals surface area contributed by atoms with E-state index in [9.17, 15) is 4.79 Å². The molecule has 4 nitrogen and oxygen atoms in total. The van der Waals surface area contributed by atoms with Gasteiger partial charge in [-0.25, -0.2) is 0 Å². The van der Waals surface area contributed by atoms with Crippen molar-refractivity contribution in [3.8, 4) is 0 Å². The molecule has 0 aromatic heterocycles. The van der Waals surface area contributed by atoms with Crippen LogP contribution in [-0.2, 0) is 9.53 Å². The Morgan fingerprint density at radius 2 is 2.00 bits per heavy atom. The van der Waals surface area contributed by atoms with Gasteiger partial charge in [-0.3, -0.25) is 15.0 Å². The van der Waals surface area contributed by atoms with Crippen LogP contribution in [0.25, 0.3) is 0 Å². The lowest BCUT2D eigenvalue weighted by atomic mass is 9.91. The maximum Gasteiger partial charge on any atom is 0.325 e. The van der Waals surface area contributed by atoms with E-state index in [1.54, 1.807) is 0 Å². The Morgan fingerprint density at radius 3 is 2.48 bits per heavy atom. The molecular formula is C17H34N2O2. The molecule has 1 saturated heterocycles. The number of nitrogens with one attached hydrogen (secondary N) is 1. The predicted molar refractivity (Wildman–Crippen MR) is 87.4 cm³/mol. The summed E-state index contributed by atoms with van der Waals surface area (Å²) in [4.78, 5) is 14.8. The zero-order chi connectivity index (χ0) is 16.2. The average molecular weight is 298 g/mol. The van der Waals surface area contributed by atoms with Crippen molar-refractivity contribution in [2.75, 3.05) is 7.11 Å². The van der Waals surface area contributed by atoms with Crippen LogP contribution >= 0.6 is 0 Å². The fourth-order valence-electron chi connectivity index (χ4n) is 4.06. The van der Waals surface area contributed by atoms with Gasteiger partial charge in [-0.05, 0) is 60.3 Å². The molecule has 4 atom stereocenters. The van der Waals surface area contributed by atoms with Crippen LogP contribution in [0, 0.1) is 0 Å². The lowest BCUT2D eigenvalue weighted by Crippen LogP contribution is -2.57. The summed E-state index contributed by atoms with van der Waals surface area (Å²) in [7, 11) is 1.47. The van der Waals surface area contributed by atoms with Crippen molar-refractivity contribution in [3.63, 3.8) is 0 Å². The summed E-state index contributed by atoms with van der Waals surface area (Å²) in [6, 6.07) is 1.86. The van der Waals surface area contributed by atoms with E-state index in [-0.39, 0.29) is 12.0 Å². The number of hydrogen-bond acceptors (Lipinski definition) is 4. The SMILES string of the molecule is CCC1CCC(C)N1C(C)CC(C)(NC(C)C)C(=O)OC. The molecule has 124 valence electrons. The van der Waals surface area contributed by atoms with Gasteiger partial charge in [0.2, 0.25) is 0 Å². The first-order chi connectivity index (χ1) is 9.75. The highest BCUT2D eigenvalue weighted by molar-refractivity contribution is 5.80. The van der Waals surface area contributed by atoms with Crippen molar-refractivity contribution < 1.29 is 9.53 Å². The minimum Gasteiger partial charge on any atom is -0.468 e. The first kappa shape index (κ1) is 18.4. The Balaban J connectivity index is 2.84. The van der Waals surface area contributed by atoms with Crippen LogP contribution in [0.2, 0.25) is 0 Å². The second-order valence-corrected chi connectivity index (χ2v) is 7.11. The molecule has 4 unspecified atom stereocenters. The van der Waals surface area contributed by atoms with Crippen LogP contribution in [0.15, 0.2) is 0 Å². The summed E-state index contributed by atoms with van der Waals surface area (Å²) in [5, 5.41) is 3.41. The normalized spacial score (nSPS) is 27.6. The first-order valence-electron chi connectivity index (χ1n) is 8.38. The highest BCUT2D eigenvalue weighted by atomic mass is 16.5. The van der Waals surface area contributed by atoms with Crippen molar-refractivity contribution in [2.45, 2.75) is 96.9 Å². The number of hydrogen-bond donors (Lipinski definition) is 1. The molecule has 0 aliphatic carbocycles. The van der Waals surface area contributed by atoms with Crippen LogP contribution < -0.4 is 5.32 Å². The zero-order valence-electron chi connectivity index (χ0n) is 14.9. The minimum absolute atomic E-state index is 0.164. The van der Waals surface area contributed by atoms with Gasteiger partial charge in [-0.1, -0.05) is 6.92 Å². The fourth-order valence-corrected chi connectivity index (χ4v) is 4.06. The van der Waals surface area contributed by atoms with E-state index in [0.29, 0.717) is 18.1 Å². The number of esters is 1. The van der Waals surface area contributed by atoms with Gasteiger partial charge in [0.05, 0.1) is 7.11 Å². The van der Waals surface area contributed by atoms with Crippen LogP contribution in [0.4, 0.5) is 0 Å². The van der Waals surface area contributed by atoms with Crippen molar-refractivity contribution in [1.82, 2.24) is 10.2 Å². The molecular weight excluding hydrogens is 264 g/mol. The van der Waals surface area contributed by atoms with Gasteiger partial charge in [0, 0.05) is 24.2 Å². The minimum atomic E-state index is -0.622. The van der Waals surface area contributed by atoms with E-state index in [2.05, 4.69) is 44.8 Å². The molecule has 1 aliphatic heterocycles. The van der Waals surface area contributed by atoms with Gasteiger partial charge < -0.3 is 4.74 Å². The predicted octanol–water partition coefficient (Wildman–Crippen LogP) is 2.96. The highest BCUT2D eigenvalue weighted by Crippen LogP contribution is 2.31. The number of nitrogens with zero attached hydrogens (tertiary/aromatic N) is 1. The van der Waals surface area contributed by atoms with Gasteiger partial charge in [0.25, 0.3) is 0 Å². The maximum atomic E-state index is 12.2. The quantitative estimate of drug-likeness (QED) is 0.734. The molecule has 1 heterocycles. The van der Waals surface area contributed by atoms with Crippen LogP contribution in [-0.4, -0.2) is 47.7 Å². The Morgan fingerprint density at radius 1 is 1.38 bits per heavy atom. The summed E-state index contributed by atoms with van der Waals surface area (Å²) >= 11 is 0. The largest absolute Gasteiger partial charge is 0.468 e. The molecule has 0 amide bonds. The molecule has 0 aromatic carbocycles. The van der Waals surface area contributed by atoms with Crippen LogP contribution in [0.3, 0.4) is 0 Å². The van der Waals surface area contributed by atoms with Crippen molar-refractivity contribution in [1.29, 1.82) is 0 Å². The maximum absolute atomic E-state index is 12.2.